The summed E-state index contributed by atoms with van der Waals surface area (Å²) in [5, 5.41) is 5.15. The number of thiophene rings is 2. The van der Waals surface area contributed by atoms with Crippen molar-refractivity contribution in [2.24, 2.45) is 0 Å². The number of likely N-dealkylation sites (tertiary alicyclic amines) is 1. The van der Waals surface area contributed by atoms with E-state index in [2.05, 4.69) is 27.7 Å². The van der Waals surface area contributed by atoms with Crippen LogP contribution in [0.1, 0.15) is 41.5 Å². The van der Waals surface area contributed by atoms with Gasteiger partial charge < -0.3 is 5.32 Å². The van der Waals surface area contributed by atoms with Gasteiger partial charge in [-0.15, -0.1) is 22.7 Å². The van der Waals surface area contributed by atoms with E-state index in [-0.39, 0.29) is 18.4 Å². The highest BCUT2D eigenvalue weighted by Gasteiger charge is 2.29. The van der Waals surface area contributed by atoms with Crippen LogP contribution in [0.15, 0.2) is 33.9 Å². The van der Waals surface area contributed by atoms with Crippen LogP contribution >= 0.6 is 22.7 Å². The minimum Gasteiger partial charge on any atom is -0.354 e. The molecule has 4 rings (SSSR count). The molecule has 1 unspecified atom stereocenters. The molecule has 1 amide bonds. The van der Waals surface area contributed by atoms with E-state index in [4.69, 9.17) is 0 Å². The second kappa shape index (κ2) is 9.26. The summed E-state index contributed by atoms with van der Waals surface area (Å²) in [5.74, 6) is -0.0577. The Kier molecular flexibility index (Phi) is 6.70. The Morgan fingerprint density at radius 2 is 1.79 bits per heavy atom. The lowest BCUT2D eigenvalue weighted by atomic mass is 10.2. The van der Waals surface area contributed by atoms with Crippen molar-refractivity contribution in [3.8, 4) is 0 Å². The number of sulfonamides is 1. The van der Waals surface area contributed by atoms with Crippen molar-refractivity contribution in [3.63, 3.8) is 0 Å². The molecule has 0 radical (unpaired) electrons. The number of carbonyl (C=O) groups excluding carboxylic acids is 1. The van der Waals surface area contributed by atoms with Gasteiger partial charge in [-0.05, 0) is 62.4 Å². The lowest BCUT2D eigenvalue weighted by Gasteiger charge is -2.26. The van der Waals surface area contributed by atoms with Gasteiger partial charge in [0.2, 0.25) is 5.91 Å². The maximum atomic E-state index is 12.7. The first-order valence-corrected chi connectivity index (χ1v) is 13.3. The van der Waals surface area contributed by atoms with Crippen molar-refractivity contribution < 1.29 is 13.2 Å². The van der Waals surface area contributed by atoms with E-state index in [0.29, 0.717) is 23.8 Å². The molecule has 2 aliphatic heterocycles. The molecule has 2 aromatic rings. The maximum absolute atomic E-state index is 12.7. The zero-order chi connectivity index (χ0) is 20.3. The van der Waals surface area contributed by atoms with Crippen molar-refractivity contribution in [1.82, 2.24) is 14.5 Å². The number of nitrogens with zero attached hydrogens (tertiary/aromatic N) is 2. The van der Waals surface area contributed by atoms with E-state index in [1.165, 1.54) is 29.1 Å². The van der Waals surface area contributed by atoms with Crippen molar-refractivity contribution in [2.75, 3.05) is 32.7 Å². The largest absolute Gasteiger partial charge is 0.354 e. The Balaban J connectivity index is 1.35. The molecule has 1 atom stereocenters. The van der Waals surface area contributed by atoms with Gasteiger partial charge in [-0.3, -0.25) is 9.69 Å². The first-order valence-electron chi connectivity index (χ1n) is 10.2. The van der Waals surface area contributed by atoms with Crippen LogP contribution in [-0.2, 0) is 21.2 Å². The first kappa shape index (κ1) is 21.0. The molecule has 2 aliphatic rings. The Bertz CT molecular complexity index is 912. The zero-order valence-electron chi connectivity index (χ0n) is 16.4. The van der Waals surface area contributed by atoms with Gasteiger partial charge in [0.1, 0.15) is 4.21 Å². The van der Waals surface area contributed by atoms with Crippen molar-refractivity contribution >= 4 is 38.6 Å². The molecule has 0 saturated carbocycles. The molecule has 1 N–H and O–H groups in total. The van der Waals surface area contributed by atoms with Crippen molar-refractivity contribution in [3.05, 3.63) is 39.4 Å². The molecule has 0 spiro atoms. The Hall–Kier alpha value is -1.26. The second-order valence-electron chi connectivity index (χ2n) is 7.59. The third-order valence-electron chi connectivity index (χ3n) is 5.58. The van der Waals surface area contributed by atoms with Crippen molar-refractivity contribution in [1.29, 1.82) is 0 Å². The highest BCUT2D eigenvalue weighted by molar-refractivity contribution is 7.91. The summed E-state index contributed by atoms with van der Waals surface area (Å²) in [6.45, 7) is 3.92. The highest BCUT2D eigenvalue weighted by Crippen LogP contribution is 2.29. The molecule has 29 heavy (non-hydrogen) atoms. The van der Waals surface area contributed by atoms with E-state index in [1.807, 2.05) is 0 Å². The summed E-state index contributed by atoms with van der Waals surface area (Å²) < 4.78 is 27.2. The van der Waals surface area contributed by atoms with Crippen molar-refractivity contribution in [2.45, 2.75) is 42.4 Å². The minimum atomic E-state index is -3.41. The van der Waals surface area contributed by atoms with Crippen LogP contribution in [0.4, 0.5) is 0 Å². The van der Waals surface area contributed by atoms with Gasteiger partial charge in [-0.25, -0.2) is 8.42 Å². The molecule has 0 bridgehead atoms. The van der Waals surface area contributed by atoms with E-state index >= 15 is 0 Å². The topological polar surface area (TPSA) is 69.7 Å². The number of amides is 1. The zero-order valence-corrected chi connectivity index (χ0v) is 18.8. The molecular weight excluding hydrogens is 426 g/mol. The summed E-state index contributed by atoms with van der Waals surface area (Å²) in [7, 11) is -3.41. The van der Waals surface area contributed by atoms with Crippen LogP contribution in [-0.4, -0.2) is 56.3 Å². The number of carbonyl (C=O) groups is 1. The smallest absolute Gasteiger partial charge is 0.252 e. The van der Waals surface area contributed by atoms with E-state index < -0.39 is 10.0 Å². The van der Waals surface area contributed by atoms with Gasteiger partial charge in [0.25, 0.3) is 10.0 Å². The lowest BCUT2D eigenvalue weighted by Crippen LogP contribution is -2.36. The molecule has 6 nitrogen and oxygen atoms in total. The van der Waals surface area contributed by atoms with Gasteiger partial charge in [-0.2, -0.15) is 4.31 Å². The van der Waals surface area contributed by atoms with Crippen LogP contribution in [0.25, 0.3) is 0 Å². The van der Waals surface area contributed by atoms with Crippen LogP contribution in [0, 0.1) is 0 Å². The van der Waals surface area contributed by atoms with Gasteiger partial charge in [0.15, 0.2) is 0 Å². The monoisotopic (exact) mass is 453 g/mol. The molecule has 9 heteroatoms. The minimum absolute atomic E-state index is 0.0577. The standard InChI is InChI=1S/C20H27N3O3S3/c24-19(21-15-17(18-6-5-13-27-18)22-9-1-2-10-22)14-16-7-8-20(28-16)29(25,26)23-11-3-4-12-23/h5-8,13,17H,1-4,9-12,14-15H2,(H,21,24). The van der Waals surface area contributed by atoms with Gasteiger partial charge in [0, 0.05) is 29.4 Å². The van der Waals surface area contributed by atoms with Crippen LogP contribution < -0.4 is 5.32 Å². The summed E-state index contributed by atoms with van der Waals surface area (Å²) in [5.41, 5.74) is 0. The summed E-state index contributed by atoms with van der Waals surface area (Å²) in [6, 6.07) is 7.81. The van der Waals surface area contributed by atoms with Crippen LogP contribution in [0.2, 0.25) is 0 Å². The average molecular weight is 454 g/mol. The Morgan fingerprint density at radius 3 is 2.48 bits per heavy atom. The van der Waals surface area contributed by atoms with Crippen LogP contribution in [0.5, 0.6) is 0 Å². The first-order chi connectivity index (χ1) is 14.0. The summed E-state index contributed by atoms with van der Waals surface area (Å²) >= 11 is 2.94. The molecule has 4 heterocycles. The third kappa shape index (κ3) is 4.91. The summed E-state index contributed by atoms with van der Waals surface area (Å²) in [6.07, 6.45) is 4.47. The lowest BCUT2D eigenvalue weighted by molar-refractivity contribution is -0.120. The Labute approximate surface area is 180 Å². The number of rotatable bonds is 8. The fourth-order valence-electron chi connectivity index (χ4n) is 4.02. The van der Waals surface area contributed by atoms with Gasteiger partial charge in [0.05, 0.1) is 12.5 Å². The molecule has 2 fully saturated rings. The fourth-order valence-corrected chi connectivity index (χ4v) is 7.91. The SMILES string of the molecule is O=C(Cc1ccc(S(=O)(=O)N2CCCC2)s1)NCC(c1cccs1)N1CCCC1. The number of hydrogen-bond acceptors (Lipinski definition) is 6. The van der Waals surface area contributed by atoms with E-state index in [9.17, 15) is 13.2 Å². The average Bonchev–Trinajstić information content (AvgIpc) is 3.50. The fraction of sp³-hybridized carbons (Fsp3) is 0.550. The second-order valence-corrected chi connectivity index (χ2v) is 11.9. The van der Waals surface area contributed by atoms with Gasteiger partial charge >= 0.3 is 0 Å². The summed E-state index contributed by atoms with van der Waals surface area (Å²) in [4.78, 5) is 17.0. The highest BCUT2D eigenvalue weighted by atomic mass is 32.2. The van der Waals surface area contributed by atoms with E-state index in [1.54, 1.807) is 27.8 Å². The predicted molar refractivity (Wildman–Crippen MR) is 117 cm³/mol. The number of hydrogen-bond donors (Lipinski definition) is 1. The van der Waals surface area contributed by atoms with E-state index in [0.717, 1.165) is 30.8 Å². The third-order valence-corrected chi connectivity index (χ3v) is 10.0. The predicted octanol–water partition coefficient (Wildman–Crippen LogP) is 3.09. The Morgan fingerprint density at radius 1 is 1.07 bits per heavy atom. The maximum Gasteiger partial charge on any atom is 0.252 e. The quantitative estimate of drug-likeness (QED) is 0.667. The molecule has 0 aliphatic carbocycles. The molecule has 0 aromatic carbocycles. The van der Waals surface area contributed by atoms with Gasteiger partial charge in [-0.1, -0.05) is 6.07 Å². The molecular formula is C20H27N3O3S3. The molecule has 2 saturated heterocycles. The normalized spacial score (nSPS) is 19.6. The molecule has 2 aromatic heterocycles. The number of nitrogens with one attached hydrogen (secondary N) is 1. The molecule has 158 valence electrons. The van der Waals surface area contributed by atoms with Crippen LogP contribution in [0.3, 0.4) is 0 Å².